The summed E-state index contributed by atoms with van der Waals surface area (Å²) >= 11 is 0. The van der Waals surface area contributed by atoms with Crippen LogP contribution in [0, 0.1) is 11.3 Å². The summed E-state index contributed by atoms with van der Waals surface area (Å²) in [7, 11) is 0. The SMILES string of the molecule is C=C(CCC=C(C)CCC)C1CC(C)(C)C1. The highest BCUT2D eigenvalue weighted by Gasteiger charge is 2.36. The minimum Gasteiger partial charge on any atom is -0.0996 e. The normalized spacial score (nSPS) is 20.6. The number of rotatable bonds is 6. The maximum atomic E-state index is 4.26. The van der Waals surface area contributed by atoms with Gasteiger partial charge >= 0.3 is 0 Å². The smallest absolute Gasteiger partial charge is 0.0196 e. The average molecular weight is 220 g/mol. The lowest BCUT2D eigenvalue weighted by molar-refractivity contribution is 0.121. The fourth-order valence-electron chi connectivity index (χ4n) is 2.77. The molecular formula is C16H28. The van der Waals surface area contributed by atoms with E-state index in [1.54, 1.807) is 5.57 Å². The molecule has 1 aliphatic carbocycles. The third-order valence-corrected chi connectivity index (χ3v) is 3.78. The van der Waals surface area contributed by atoms with Gasteiger partial charge in [-0.15, -0.1) is 0 Å². The Kier molecular flexibility index (Phi) is 4.83. The highest BCUT2D eigenvalue weighted by atomic mass is 14.4. The Hall–Kier alpha value is -0.520. The Morgan fingerprint density at radius 2 is 1.94 bits per heavy atom. The quantitative estimate of drug-likeness (QED) is 0.518. The molecule has 0 amide bonds. The third-order valence-electron chi connectivity index (χ3n) is 3.78. The highest BCUT2D eigenvalue weighted by molar-refractivity contribution is 5.10. The van der Waals surface area contributed by atoms with Crippen molar-refractivity contribution in [3.8, 4) is 0 Å². The monoisotopic (exact) mass is 220 g/mol. The Morgan fingerprint density at radius 3 is 2.44 bits per heavy atom. The van der Waals surface area contributed by atoms with Crippen LogP contribution >= 0.6 is 0 Å². The summed E-state index contributed by atoms with van der Waals surface area (Å²) in [5.74, 6) is 0.815. The van der Waals surface area contributed by atoms with E-state index >= 15 is 0 Å². The molecule has 1 rings (SSSR count). The first-order valence-electron chi connectivity index (χ1n) is 6.78. The lowest BCUT2D eigenvalue weighted by atomic mass is 9.62. The van der Waals surface area contributed by atoms with Gasteiger partial charge in [-0.25, -0.2) is 0 Å². The lowest BCUT2D eigenvalue weighted by Crippen LogP contribution is -2.32. The van der Waals surface area contributed by atoms with E-state index in [1.165, 1.54) is 44.1 Å². The summed E-state index contributed by atoms with van der Waals surface area (Å²) in [6.45, 7) is 13.5. The van der Waals surface area contributed by atoms with Gasteiger partial charge in [0.2, 0.25) is 0 Å². The van der Waals surface area contributed by atoms with Crippen LogP contribution in [0.2, 0.25) is 0 Å². The first-order chi connectivity index (χ1) is 7.44. The minimum atomic E-state index is 0.585. The maximum absolute atomic E-state index is 4.26. The van der Waals surface area contributed by atoms with Crippen molar-refractivity contribution in [2.45, 2.75) is 66.2 Å². The molecule has 0 aromatic heterocycles. The van der Waals surface area contributed by atoms with Gasteiger partial charge in [0.05, 0.1) is 0 Å². The molecule has 1 saturated carbocycles. The molecule has 0 aromatic rings. The van der Waals surface area contributed by atoms with E-state index in [-0.39, 0.29) is 0 Å². The summed E-state index contributed by atoms with van der Waals surface area (Å²) in [6, 6.07) is 0. The van der Waals surface area contributed by atoms with E-state index in [0.29, 0.717) is 5.41 Å². The van der Waals surface area contributed by atoms with Crippen molar-refractivity contribution >= 4 is 0 Å². The van der Waals surface area contributed by atoms with Gasteiger partial charge in [0.1, 0.15) is 0 Å². The fraction of sp³-hybridized carbons (Fsp3) is 0.750. The summed E-state index contributed by atoms with van der Waals surface area (Å²) in [5, 5.41) is 0. The lowest BCUT2D eigenvalue weighted by Gasteiger charge is -2.43. The molecule has 0 radical (unpaired) electrons. The summed E-state index contributed by atoms with van der Waals surface area (Å²) in [6.07, 6.45) is 10.0. The molecule has 92 valence electrons. The van der Waals surface area contributed by atoms with Gasteiger partial charge in [-0.2, -0.15) is 0 Å². The molecule has 1 aliphatic rings. The Labute approximate surface area is 102 Å². The highest BCUT2D eigenvalue weighted by Crippen LogP contribution is 2.48. The second-order valence-corrected chi connectivity index (χ2v) is 6.27. The molecule has 0 bridgehead atoms. The van der Waals surface area contributed by atoms with Crippen LogP contribution in [0.25, 0.3) is 0 Å². The zero-order chi connectivity index (χ0) is 12.2. The third kappa shape index (κ3) is 4.15. The molecule has 0 saturated heterocycles. The van der Waals surface area contributed by atoms with Crippen molar-refractivity contribution in [1.82, 2.24) is 0 Å². The van der Waals surface area contributed by atoms with Crippen molar-refractivity contribution in [3.05, 3.63) is 23.8 Å². The van der Waals surface area contributed by atoms with Gasteiger partial charge in [-0.05, 0) is 50.4 Å². The molecule has 0 nitrogen and oxygen atoms in total. The predicted octanol–water partition coefficient (Wildman–Crippen LogP) is 5.51. The second kappa shape index (κ2) is 5.70. The number of allylic oxidation sites excluding steroid dienone is 3. The molecule has 0 aliphatic heterocycles. The van der Waals surface area contributed by atoms with Gasteiger partial charge < -0.3 is 0 Å². The average Bonchev–Trinajstić information content (AvgIpc) is 2.14. The van der Waals surface area contributed by atoms with E-state index in [9.17, 15) is 0 Å². The molecule has 16 heavy (non-hydrogen) atoms. The minimum absolute atomic E-state index is 0.585. The van der Waals surface area contributed by atoms with Gasteiger partial charge in [0, 0.05) is 0 Å². The fourth-order valence-corrected chi connectivity index (χ4v) is 2.77. The number of hydrogen-bond donors (Lipinski definition) is 0. The van der Waals surface area contributed by atoms with Gasteiger partial charge in [-0.1, -0.05) is 51.0 Å². The van der Waals surface area contributed by atoms with Crippen molar-refractivity contribution in [2.24, 2.45) is 11.3 Å². The maximum Gasteiger partial charge on any atom is -0.0196 e. The second-order valence-electron chi connectivity index (χ2n) is 6.27. The van der Waals surface area contributed by atoms with E-state index in [0.717, 1.165) is 5.92 Å². The van der Waals surface area contributed by atoms with Gasteiger partial charge in [0.25, 0.3) is 0 Å². The van der Waals surface area contributed by atoms with Crippen LogP contribution in [0.5, 0.6) is 0 Å². The van der Waals surface area contributed by atoms with Gasteiger partial charge in [-0.3, -0.25) is 0 Å². The van der Waals surface area contributed by atoms with E-state index < -0.39 is 0 Å². The summed E-state index contributed by atoms with van der Waals surface area (Å²) in [5.41, 5.74) is 3.62. The Balaban J connectivity index is 2.19. The van der Waals surface area contributed by atoms with E-state index in [2.05, 4.69) is 40.3 Å². The molecule has 0 N–H and O–H groups in total. The molecule has 0 heteroatoms. The van der Waals surface area contributed by atoms with Crippen LogP contribution in [0.4, 0.5) is 0 Å². The van der Waals surface area contributed by atoms with Crippen LogP contribution in [-0.2, 0) is 0 Å². The predicted molar refractivity (Wildman–Crippen MR) is 73.5 cm³/mol. The van der Waals surface area contributed by atoms with E-state index in [1.807, 2.05) is 0 Å². The van der Waals surface area contributed by atoms with Crippen molar-refractivity contribution in [1.29, 1.82) is 0 Å². The molecule has 0 atom stereocenters. The topological polar surface area (TPSA) is 0 Å². The standard InChI is InChI=1S/C16H28/c1-6-8-13(2)9-7-10-14(3)15-11-16(4,5)12-15/h9,15H,3,6-8,10-12H2,1-2,4-5H3. The Morgan fingerprint density at radius 1 is 1.31 bits per heavy atom. The first-order valence-corrected chi connectivity index (χ1v) is 6.78. The molecule has 0 aromatic carbocycles. The van der Waals surface area contributed by atoms with Crippen LogP contribution in [0.15, 0.2) is 23.8 Å². The summed E-state index contributed by atoms with van der Waals surface area (Å²) < 4.78 is 0. The largest absolute Gasteiger partial charge is 0.0996 e. The molecule has 0 heterocycles. The molecule has 1 fully saturated rings. The van der Waals surface area contributed by atoms with E-state index in [4.69, 9.17) is 0 Å². The van der Waals surface area contributed by atoms with Gasteiger partial charge in [0.15, 0.2) is 0 Å². The Bertz CT molecular complexity index is 260. The molecule has 0 spiro atoms. The van der Waals surface area contributed by atoms with Crippen molar-refractivity contribution < 1.29 is 0 Å². The zero-order valence-corrected chi connectivity index (χ0v) is 11.6. The van der Waals surface area contributed by atoms with Crippen LogP contribution in [0.1, 0.15) is 66.2 Å². The number of hydrogen-bond acceptors (Lipinski definition) is 0. The van der Waals surface area contributed by atoms with Crippen LogP contribution in [-0.4, -0.2) is 0 Å². The van der Waals surface area contributed by atoms with Crippen LogP contribution < -0.4 is 0 Å². The molecule has 0 unspecified atom stereocenters. The summed E-state index contributed by atoms with van der Waals surface area (Å²) in [4.78, 5) is 0. The van der Waals surface area contributed by atoms with Crippen LogP contribution in [0.3, 0.4) is 0 Å². The zero-order valence-electron chi connectivity index (χ0n) is 11.6. The first kappa shape index (κ1) is 13.5. The molecular weight excluding hydrogens is 192 g/mol. The van der Waals surface area contributed by atoms with Crippen molar-refractivity contribution in [3.63, 3.8) is 0 Å². The van der Waals surface area contributed by atoms with Crippen molar-refractivity contribution in [2.75, 3.05) is 0 Å².